The van der Waals surface area contributed by atoms with E-state index in [1.54, 1.807) is 0 Å². The number of carboxylic acid groups (broad SMARTS) is 1. The van der Waals surface area contributed by atoms with Crippen molar-refractivity contribution in [1.29, 1.82) is 0 Å². The quantitative estimate of drug-likeness (QED) is 0.586. The molecule has 2 amide bonds. The summed E-state index contributed by atoms with van der Waals surface area (Å²) < 4.78 is 9.74. The molecule has 88 valence electrons. The largest absolute Gasteiger partial charge is 0.479 e. The number of nitrogens with zero attached hydrogens (tertiary/aromatic N) is 1. The summed E-state index contributed by atoms with van der Waals surface area (Å²) in [6.45, 7) is -0.453. The van der Waals surface area contributed by atoms with E-state index < -0.39 is 23.3 Å². The zero-order valence-corrected chi connectivity index (χ0v) is 8.47. The lowest BCUT2D eigenvalue weighted by atomic mass is 9.95. The van der Waals surface area contributed by atoms with E-state index in [0.717, 1.165) is 4.90 Å². The number of amides is 2. The standard InChI is InChI=1S/C9H11NO6/c11-6-3-16-4-7(12)10(6)9(8(13)14)1-2-15-5-9/h1-5H2,(H,13,14). The van der Waals surface area contributed by atoms with Gasteiger partial charge in [-0.1, -0.05) is 0 Å². The lowest BCUT2D eigenvalue weighted by molar-refractivity contribution is -0.176. The number of carbonyl (C=O) groups excluding carboxylic acids is 2. The van der Waals surface area contributed by atoms with Crippen LogP contribution in [0.3, 0.4) is 0 Å². The van der Waals surface area contributed by atoms with Crippen molar-refractivity contribution >= 4 is 17.8 Å². The number of morpholine rings is 1. The van der Waals surface area contributed by atoms with Gasteiger partial charge in [0.25, 0.3) is 11.8 Å². The summed E-state index contributed by atoms with van der Waals surface area (Å²) in [5.41, 5.74) is -1.54. The van der Waals surface area contributed by atoms with Crippen LogP contribution in [0.4, 0.5) is 0 Å². The molecule has 1 N–H and O–H groups in total. The average Bonchev–Trinajstić information content (AvgIpc) is 2.67. The molecule has 16 heavy (non-hydrogen) atoms. The highest BCUT2D eigenvalue weighted by Gasteiger charge is 2.53. The molecule has 7 nitrogen and oxygen atoms in total. The zero-order chi connectivity index (χ0) is 11.8. The van der Waals surface area contributed by atoms with Gasteiger partial charge >= 0.3 is 5.97 Å². The van der Waals surface area contributed by atoms with E-state index in [2.05, 4.69) is 0 Å². The molecule has 0 saturated carbocycles. The Balaban J connectivity index is 2.35. The van der Waals surface area contributed by atoms with Crippen LogP contribution < -0.4 is 0 Å². The highest BCUT2D eigenvalue weighted by molar-refractivity contribution is 6.03. The first-order chi connectivity index (χ1) is 7.58. The van der Waals surface area contributed by atoms with Crippen LogP contribution in [-0.4, -0.2) is 59.8 Å². The summed E-state index contributed by atoms with van der Waals surface area (Å²) in [5, 5.41) is 9.18. The predicted octanol–water partition coefficient (Wildman–Crippen LogP) is -1.38. The molecular weight excluding hydrogens is 218 g/mol. The monoisotopic (exact) mass is 229 g/mol. The highest BCUT2D eigenvalue weighted by atomic mass is 16.5. The number of aliphatic carboxylic acids is 1. The maximum atomic E-state index is 11.6. The SMILES string of the molecule is O=C1COCC(=O)N1C1(C(=O)O)CCOC1. The Labute approximate surface area is 90.9 Å². The van der Waals surface area contributed by atoms with Crippen molar-refractivity contribution in [2.75, 3.05) is 26.4 Å². The van der Waals surface area contributed by atoms with Gasteiger partial charge in [0.15, 0.2) is 5.54 Å². The van der Waals surface area contributed by atoms with Crippen LogP contribution in [-0.2, 0) is 23.9 Å². The van der Waals surface area contributed by atoms with Crippen LogP contribution in [0.5, 0.6) is 0 Å². The van der Waals surface area contributed by atoms with Gasteiger partial charge in [-0.3, -0.25) is 14.5 Å². The molecule has 1 unspecified atom stereocenters. The second-order valence-corrected chi connectivity index (χ2v) is 3.76. The van der Waals surface area contributed by atoms with E-state index in [9.17, 15) is 19.5 Å². The summed E-state index contributed by atoms with van der Waals surface area (Å²) in [5.74, 6) is -2.46. The van der Waals surface area contributed by atoms with Gasteiger partial charge in [-0.15, -0.1) is 0 Å². The minimum atomic E-state index is -1.54. The van der Waals surface area contributed by atoms with Crippen molar-refractivity contribution < 1.29 is 29.0 Å². The number of imide groups is 1. The van der Waals surface area contributed by atoms with Gasteiger partial charge < -0.3 is 14.6 Å². The van der Waals surface area contributed by atoms with E-state index in [0.29, 0.717) is 0 Å². The first kappa shape index (κ1) is 11.0. The number of carbonyl (C=O) groups is 3. The third kappa shape index (κ3) is 1.48. The van der Waals surface area contributed by atoms with Crippen LogP contribution in [0.25, 0.3) is 0 Å². The van der Waals surface area contributed by atoms with Gasteiger partial charge in [-0.05, 0) is 0 Å². The molecule has 2 heterocycles. The molecule has 0 spiro atoms. The van der Waals surface area contributed by atoms with Gasteiger partial charge in [-0.2, -0.15) is 0 Å². The van der Waals surface area contributed by atoms with Crippen LogP contribution in [0, 0.1) is 0 Å². The highest BCUT2D eigenvalue weighted by Crippen LogP contribution is 2.28. The summed E-state index contributed by atoms with van der Waals surface area (Å²) in [6, 6.07) is 0. The predicted molar refractivity (Wildman–Crippen MR) is 48.5 cm³/mol. The Kier molecular flexibility index (Phi) is 2.64. The Morgan fingerprint density at radius 3 is 2.31 bits per heavy atom. The smallest absolute Gasteiger partial charge is 0.332 e. The Morgan fingerprint density at radius 1 is 1.25 bits per heavy atom. The summed E-state index contributed by atoms with van der Waals surface area (Å²) in [6.07, 6.45) is 0.125. The molecule has 0 aromatic rings. The first-order valence-corrected chi connectivity index (χ1v) is 4.83. The van der Waals surface area contributed by atoms with Gasteiger partial charge in [0.05, 0.1) is 6.61 Å². The van der Waals surface area contributed by atoms with Crippen molar-refractivity contribution in [3.8, 4) is 0 Å². The molecule has 2 saturated heterocycles. The van der Waals surface area contributed by atoms with Crippen molar-refractivity contribution in [3.63, 3.8) is 0 Å². The molecule has 7 heteroatoms. The van der Waals surface area contributed by atoms with E-state index >= 15 is 0 Å². The fourth-order valence-electron chi connectivity index (χ4n) is 1.97. The molecule has 0 aromatic carbocycles. The lowest BCUT2D eigenvalue weighted by Gasteiger charge is -2.36. The summed E-state index contributed by atoms with van der Waals surface area (Å²) in [4.78, 5) is 35.2. The number of hydrogen-bond acceptors (Lipinski definition) is 5. The maximum absolute atomic E-state index is 11.6. The second kappa shape index (κ2) is 3.84. The number of ether oxygens (including phenoxy) is 2. The second-order valence-electron chi connectivity index (χ2n) is 3.76. The fourth-order valence-corrected chi connectivity index (χ4v) is 1.97. The Morgan fingerprint density at radius 2 is 1.88 bits per heavy atom. The topological polar surface area (TPSA) is 93.1 Å². The number of rotatable bonds is 2. The number of carboxylic acids is 1. The van der Waals surface area contributed by atoms with E-state index in [1.807, 2.05) is 0 Å². The van der Waals surface area contributed by atoms with Crippen molar-refractivity contribution in [1.82, 2.24) is 4.90 Å². The molecule has 0 aliphatic carbocycles. The minimum Gasteiger partial charge on any atom is -0.479 e. The Hall–Kier alpha value is -1.47. The third-order valence-electron chi connectivity index (χ3n) is 2.78. The Bertz CT molecular complexity index is 330. The molecule has 1 atom stereocenters. The van der Waals surface area contributed by atoms with Crippen LogP contribution in [0.1, 0.15) is 6.42 Å². The van der Waals surface area contributed by atoms with Crippen LogP contribution in [0.15, 0.2) is 0 Å². The molecule has 2 aliphatic rings. The first-order valence-electron chi connectivity index (χ1n) is 4.83. The molecule has 2 aliphatic heterocycles. The van der Waals surface area contributed by atoms with Gasteiger partial charge in [0.2, 0.25) is 0 Å². The van der Waals surface area contributed by atoms with Gasteiger partial charge in [0, 0.05) is 13.0 Å². The van der Waals surface area contributed by atoms with Gasteiger partial charge in [-0.25, -0.2) is 4.79 Å². The average molecular weight is 229 g/mol. The fraction of sp³-hybridized carbons (Fsp3) is 0.667. The van der Waals surface area contributed by atoms with Crippen molar-refractivity contribution in [3.05, 3.63) is 0 Å². The van der Waals surface area contributed by atoms with Crippen LogP contribution >= 0.6 is 0 Å². The normalized spacial score (nSPS) is 30.9. The van der Waals surface area contributed by atoms with E-state index in [-0.39, 0.29) is 32.8 Å². The minimum absolute atomic E-state index is 0.125. The molecular formula is C9H11NO6. The van der Waals surface area contributed by atoms with Crippen LogP contribution in [0.2, 0.25) is 0 Å². The molecule has 0 aromatic heterocycles. The number of hydrogen-bond donors (Lipinski definition) is 1. The molecule has 2 fully saturated rings. The van der Waals surface area contributed by atoms with E-state index in [4.69, 9.17) is 9.47 Å². The molecule has 0 bridgehead atoms. The third-order valence-corrected chi connectivity index (χ3v) is 2.78. The van der Waals surface area contributed by atoms with Crippen molar-refractivity contribution in [2.24, 2.45) is 0 Å². The van der Waals surface area contributed by atoms with Gasteiger partial charge in [0.1, 0.15) is 13.2 Å². The summed E-state index contributed by atoms with van der Waals surface area (Å²) >= 11 is 0. The maximum Gasteiger partial charge on any atom is 0.332 e. The lowest BCUT2D eigenvalue weighted by Crippen LogP contribution is -2.63. The van der Waals surface area contributed by atoms with E-state index in [1.165, 1.54) is 0 Å². The molecule has 2 rings (SSSR count). The van der Waals surface area contributed by atoms with Crippen molar-refractivity contribution in [2.45, 2.75) is 12.0 Å². The molecule has 0 radical (unpaired) electrons. The zero-order valence-electron chi connectivity index (χ0n) is 8.47. The summed E-state index contributed by atoms with van der Waals surface area (Å²) in [7, 11) is 0.